The Morgan fingerprint density at radius 3 is 2.55 bits per heavy atom. The zero-order valence-corrected chi connectivity index (χ0v) is 18.6. The summed E-state index contributed by atoms with van der Waals surface area (Å²) in [5, 5.41) is 11.3. The molecule has 0 bridgehead atoms. The second kappa shape index (κ2) is 11.8. The number of aliphatic imine (C=N–C) groups is 1. The molecule has 5 nitrogen and oxygen atoms in total. The highest BCUT2D eigenvalue weighted by molar-refractivity contribution is 7.07. The summed E-state index contributed by atoms with van der Waals surface area (Å²) < 4.78 is 0. The van der Waals surface area contributed by atoms with Crippen molar-refractivity contribution in [3.05, 3.63) is 52.7 Å². The SMILES string of the molecule is CN=C(NCCCCN1CCN(c2ccccc2)CC1)NCC(C)c1ccsc1. The van der Waals surface area contributed by atoms with Gasteiger partial charge in [-0.3, -0.25) is 9.89 Å². The van der Waals surface area contributed by atoms with E-state index in [9.17, 15) is 0 Å². The van der Waals surface area contributed by atoms with Crippen LogP contribution < -0.4 is 15.5 Å². The third-order valence-corrected chi connectivity index (χ3v) is 6.30. The van der Waals surface area contributed by atoms with Crippen LogP contribution in [0.2, 0.25) is 0 Å². The minimum absolute atomic E-state index is 0.495. The number of piperazine rings is 1. The van der Waals surface area contributed by atoms with Gasteiger partial charge in [-0.2, -0.15) is 11.3 Å². The summed E-state index contributed by atoms with van der Waals surface area (Å²) in [4.78, 5) is 9.43. The predicted molar refractivity (Wildman–Crippen MR) is 126 cm³/mol. The molecule has 1 aromatic heterocycles. The molecule has 1 aliphatic rings. The number of guanidine groups is 1. The normalized spacial score (nSPS) is 16.6. The minimum Gasteiger partial charge on any atom is -0.369 e. The molecule has 1 saturated heterocycles. The maximum Gasteiger partial charge on any atom is 0.190 e. The molecule has 6 heteroatoms. The van der Waals surface area contributed by atoms with Crippen LogP contribution in [0.5, 0.6) is 0 Å². The fourth-order valence-electron chi connectivity index (χ4n) is 3.68. The van der Waals surface area contributed by atoms with Gasteiger partial charge in [0.15, 0.2) is 5.96 Å². The van der Waals surface area contributed by atoms with E-state index >= 15 is 0 Å². The number of thiophene rings is 1. The largest absolute Gasteiger partial charge is 0.369 e. The van der Waals surface area contributed by atoms with Crippen LogP contribution in [-0.2, 0) is 0 Å². The van der Waals surface area contributed by atoms with Gasteiger partial charge in [-0.15, -0.1) is 0 Å². The monoisotopic (exact) mass is 413 g/mol. The van der Waals surface area contributed by atoms with Crippen molar-refractivity contribution in [2.75, 3.05) is 57.8 Å². The van der Waals surface area contributed by atoms with Gasteiger partial charge in [-0.1, -0.05) is 25.1 Å². The van der Waals surface area contributed by atoms with E-state index in [2.05, 4.69) is 79.5 Å². The van der Waals surface area contributed by atoms with Gasteiger partial charge in [0, 0.05) is 52.0 Å². The summed E-state index contributed by atoms with van der Waals surface area (Å²) in [5.41, 5.74) is 2.74. The number of anilines is 1. The molecule has 0 aliphatic carbocycles. The highest BCUT2D eigenvalue weighted by Gasteiger charge is 2.16. The quantitative estimate of drug-likeness (QED) is 0.374. The third-order valence-electron chi connectivity index (χ3n) is 5.60. The standard InChI is InChI=1S/C23H35N5S/c1-20(21-10-17-29-19-21)18-26-23(24-2)25-11-6-7-12-27-13-15-28(16-14-27)22-8-4-3-5-9-22/h3-5,8-10,17,19-20H,6-7,11-16,18H2,1-2H3,(H2,24,25,26). The van der Waals surface area contributed by atoms with Gasteiger partial charge in [0.2, 0.25) is 0 Å². The van der Waals surface area contributed by atoms with Crippen LogP contribution in [0.1, 0.15) is 31.2 Å². The Morgan fingerprint density at radius 1 is 1.07 bits per heavy atom. The van der Waals surface area contributed by atoms with Crippen molar-refractivity contribution in [2.45, 2.75) is 25.7 Å². The number of hydrogen-bond acceptors (Lipinski definition) is 4. The van der Waals surface area contributed by atoms with Gasteiger partial charge >= 0.3 is 0 Å². The van der Waals surface area contributed by atoms with Crippen molar-refractivity contribution < 1.29 is 0 Å². The lowest BCUT2D eigenvalue weighted by molar-refractivity contribution is 0.253. The van der Waals surface area contributed by atoms with Crippen LogP contribution in [-0.4, -0.2) is 63.7 Å². The summed E-state index contributed by atoms with van der Waals surface area (Å²) >= 11 is 1.76. The van der Waals surface area contributed by atoms with Gasteiger partial charge in [0.25, 0.3) is 0 Å². The van der Waals surface area contributed by atoms with Gasteiger partial charge < -0.3 is 15.5 Å². The number of para-hydroxylation sites is 1. The maximum absolute atomic E-state index is 4.35. The summed E-state index contributed by atoms with van der Waals surface area (Å²) in [6, 6.07) is 13.0. The molecule has 0 radical (unpaired) electrons. The lowest BCUT2D eigenvalue weighted by atomic mass is 10.1. The van der Waals surface area contributed by atoms with E-state index in [0.717, 1.165) is 45.2 Å². The van der Waals surface area contributed by atoms with Gasteiger partial charge in [-0.05, 0) is 59.8 Å². The van der Waals surface area contributed by atoms with E-state index in [1.807, 2.05) is 7.05 Å². The van der Waals surface area contributed by atoms with E-state index in [-0.39, 0.29) is 0 Å². The average molecular weight is 414 g/mol. The van der Waals surface area contributed by atoms with E-state index in [4.69, 9.17) is 0 Å². The number of benzene rings is 1. The molecule has 1 unspecified atom stereocenters. The molecule has 0 amide bonds. The Kier molecular flexibility index (Phi) is 8.83. The Bertz CT molecular complexity index is 708. The van der Waals surface area contributed by atoms with Crippen LogP contribution in [0.4, 0.5) is 5.69 Å². The molecule has 1 fully saturated rings. The summed E-state index contributed by atoms with van der Waals surface area (Å²) in [6.07, 6.45) is 2.39. The first-order valence-corrected chi connectivity index (χ1v) is 11.7. The maximum atomic E-state index is 4.35. The summed E-state index contributed by atoms with van der Waals surface area (Å²) in [7, 11) is 1.84. The highest BCUT2D eigenvalue weighted by atomic mass is 32.1. The van der Waals surface area contributed by atoms with E-state index in [1.54, 1.807) is 11.3 Å². The van der Waals surface area contributed by atoms with Crippen molar-refractivity contribution in [3.8, 4) is 0 Å². The van der Waals surface area contributed by atoms with Crippen molar-refractivity contribution in [3.63, 3.8) is 0 Å². The Hall–Kier alpha value is -2.05. The second-order valence-corrected chi connectivity index (χ2v) is 8.49. The Labute approximate surface area is 179 Å². The van der Waals surface area contributed by atoms with Gasteiger partial charge in [0.1, 0.15) is 0 Å². The molecule has 1 aliphatic heterocycles. The molecule has 1 aromatic carbocycles. The van der Waals surface area contributed by atoms with Crippen LogP contribution in [0.15, 0.2) is 52.2 Å². The first-order chi connectivity index (χ1) is 14.3. The number of unbranched alkanes of at least 4 members (excludes halogenated alkanes) is 1. The van der Waals surface area contributed by atoms with Crippen molar-refractivity contribution in [2.24, 2.45) is 4.99 Å². The van der Waals surface area contributed by atoms with Gasteiger partial charge in [0.05, 0.1) is 0 Å². The molecule has 2 N–H and O–H groups in total. The number of nitrogens with one attached hydrogen (secondary N) is 2. The van der Waals surface area contributed by atoms with E-state index in [1.165, 1.54) is 30.6 Å². The molecule has 3 rings (SSSR count). The lowest BCUT2D eigenvalue weighted by Gasteiger charge is -2.36. The molecule has 2 heterocycles. The topological polar surface area (TPSA) is 42.9 Å². The van der Waals surface area contributed by atoms with E-state index < -0.39 is 0 Å². The smallest absolute Gasteiger partial charge is 0.190 e. The predicted octanol–water partition coefficient (Wildman–Crippen LogP) is 3.62. The first kappa shape index (κ1) is 21.7. The molecule has 158 valence electrons. The van der Waals surface area contributed by atoms with Crippen LogP contribution >= 0.6 is 11.3 Å². The summed E-state index contributed by atoms with van der Waals surface area (Å²) in [6.45, 7) is 9.88. The highest BCUT2D eigenvalue weighted by Crippen LogP contribution is 2.17. The Morgan fingerprint density at radius 2 is 1.86 bits per heavy atom. The number of hydrogen-bond donors (Lipinski definition) is 2. The average Bonchev–Trinajstić information content (AvgIpc) is 3.31. The van der Waals surface area contributed by atoms with Crippen molar-refractivity contribution in [1.29, 1.82) is 0 Å². The zero-order chi connectivity index (χ0) is 20.3. The van der Waals surface area contributed by atoms with Crippen molar-refractivity contribution >= 4 is 23.0 Å². The molecular formula is C23H35N5S. The fourth-order valence-corrected chi connectivity index (χ4v) is 4.46. The molecule has 2 aromatic rings. The van der Waals surface area contributed by atoms with Crippen molar-refractivity contribution in [1.82, 2.24) is 15.5 Å². The summed E-state index contributed by atoms with van der Waals surface area (Å²) in [5.74, 6) is 1.40. The zero-order valence-electron chi connectivity index (χ0n) is 17.8. The first-order valence-electron chi connectivity index (χ1n) is 10.7. The molecule has 0 saturated carbocycles. The Balaban J connectivity index is 1.25. The number of nitrogens with zero attached hydrogens (tertiary/aromatic N) is 3. The third kappa shape index (κ3) is 7.05. The minimum atomic E-state index is 0.495. The fraction of sp³-hybridized carbons (Fsp3) is 0.522. The molecular weight excluding hydrogens is 378 g/mol. The van der Waals surface area contributed by atoms with Crippen LogP contribution in [0.25, 0.3) is 0 Å². The van der Waals surface area contributed by atoms with Crippen LogP contribution in [0, 0.1) is 0 Å². The lowest BCUT2D eigenvalue weighted by Crippen LogP contribution is -2.46. The number of rotatable bonds is 9. The van der Waals surface area contributed by atoms with E-state index in [0.29, 0.717) is 5.92 Å². The second-order valence-electron chi connectivity index (χ2n) is 7.71. The molecule has 1 atom stereocenters. The molecule has 0 spiro atoms. The van der Waals surface area contributed by atoms with Crippen LogP contribution in [0.3, 0.4) is 0 Å². The van der Waals surface area contributed by atoms with Gasteiger partial charge in [-0.25, -0.2) is 0 Å². The molecule has 29 heavy (non-hydrogen) atoms.